The topological polar surface area (TPSA) is 40.6 Å². The van der Waals surface area contributed by atoms with Gasteiger partial charge >= 0.3 is 0 Å². The number of fused-ring (bicyclic) bond motifs is 1. The van der Waals surface area contributed by atoms with Gasteiger partial charge in [0.1, 0.15) is 0 Å². The Morgan fingerprint density at radius 1 is 1.16 bits per heavy atom. The van der Waals surface area contributed by atoms with Crippen LogP contribution in [0.4, 0.5) is 0 Å². The Kier molecular flexibility index (Phi) is 4.54. The number of sulfonamides is 1. The summed E-state index contributed by atoms with van der Waals surface area (Å²) < 4.78 is 26.5. The van der Waals surface area contributed by atoms with E-state index in [1.165, 1.54) is 21.4 Å². The minimum Gasteiger partial charge on any atom is -0.293 e. The van der Waals surface area contributed by atoms with Crippen LogP contribution in [0.25, 0.3) is 6.08 Å². The number of aryl methyl sites for hydroxylation is 1. The summed E-state index contributed by atoms with van der Waals surface area (Å²) in [6.45, 7) is 5.20. The van der Waals surface area contributed by atoms with Gasteiger partial charge in [-0.05, 0) is 42.0 Å². The average Bonchev–Trinajstić information content (AvgIpc) is 3.00. The normalized spacial score (nSPS) is 19.9. The summed E-state index contributed by atoms with van der Waals surface area (Å²) in [7, 11) is -3.32. The molecule has 0 atom stereocenters. The van der Waals surface area contributed by atoms with Crippen LogP contribution < -0.4 is 0 Å². The molecule has 0 unspecified atom stereocenters. The molecule has 25 heavy (non-hydrogen) atoms. The number of thiophene rings is 1. The molecule has 0 spiro atoms. The third kappa shape index (κ3) is 3.58. The van der Waals surface area contributed by atoms with Gasteiger partial charge in [0.15, 0.2) is 0 Å². The minimum atomic E-state index is -3.32. The highest BCUT2D eigenvalue weighted by Crippen LogP contribution is 2.28. The van der Waals surface area contributed by atoms with Crippen molar-refractivity contribution in [3.8, 4) is 0 Å². The minimum absolute atomic E-state index is 0.343. The van der Waals surface area contributed by atoms with E-state index in [-0.39, 0.29) is 0 Å². The number of nitrogens with zero attached hydrogens (tertiary/aromatic N) is 2. The fourth-order valence-electron chi connectivity index (χ4n) is 3.37. The van der Waals surface area contributed by atoms with Crippen molar-refractivity contribution in [1.82, 2.24) is 9.21 Å². The molecular formula is C19H22N2O2S2. The van der Waals surface area contributed by atoms with Crippen molar-refractivity contribution >= 4 is 27.4 Å². The van der Waals surface area contributed by atoms with Gasteiger partial charge in [-0.2, -0.15) is 4.31 Å². The molecule has 2 aliphatic heterocycles. The lowest BCUT2D eigenvalue weighted by Gasteiger charge is -2.45. The number of hydrogen-bond donors (Lipinski definition) is 0. The quantitative estimate of drug-likeness (QED) is 0.826. The van der Waals surface area contributed by atoms with E-state index < -0.39 is 10.0 Å². The van der Waals surface area contributed by atoms with E-state index in [1.807, 2.05) is 42.5 Å². The highest BCUT2D eigenvalue weighted by Gasteiger charge is 2.38. The van der Waals surface area contributed by atoms with Crippen molar-refractivity contribution in [2.45, 2.75) is 25.9 Å². The third-order valence-electron chi connectivity index (χ3n) is 5.05. The second kappa shape index (κ2) is 6.68. The monoisotopic (exact) mass is 374 g/mol. The van der Waals surface area contributed by atoms with Gasteiger partial charge in [0.2, 0.25) is 10.0 Å². The van der Waals surface area contributed by atoms with E-state index in [0.717, 1.165) is 25.1 Å². The Bertz CT molecular complexity index is 878. The molecule has 0 bridgehead atoms. The molecular weight excluding hydrogens is 352 g/mol. The van der Waals surface area contributed by atoms with Crippen LogP contribution in [-0.2, 0) is 23.0 Å². The Morgan fingerprint density at radius 2 is 1.92 bits per heavy atom. The first-order valence-corrected chi connectivity index (χ1v) is 10.9. The lowest BCUT2D eigenvalue weighted by Crippen LogP contribution is -2.61. The summed E-state index contributed by atoms with van der Waals surface area (Å²) in [6, 6.07) is 10.4. The van der Waals surface area contributed by atoms with E-state index in [1.54, 1.807) is 10.4 Å². The standard InChI is InChI=1S/C19H22N2O2S2/c1-15-2-4-16(5-3-15)8-11-25(22,23)21-13-18(14-21)20-9-6-19-17(12-20)7-10-24-19/h2-5,7-8,10-11,18H,6,9,12-14H2,1H3/b11-8+. The third-order valence-corrected chi connectivity index (χ3v) is 7.57. The Morgan fingerprint density at radius 3 is 2.68 bits per heavy atom. The molecule has 1 saturated heterocycles. The van der Waals surface area contributed by atoms with Crippen LogP contribution in [0.15, 0.2) is 41.1 Å². The molecule has 1 fully saturated rings. The van der Waals surface area contributed by atoms with Crippen LogP contribution in [0, 0.1) is 6.92 Å². The summed E-state index contributed by atoms with van der Waals surface area (Å²) in [6.07, 6.45) is 2.77. The van der Waals surface area contributed by atoms with Crippen molar-refractivity contribution in [3.05, 3.63) is 62.7 Å². The van der Waals surface area contributed by atoms with Gasteiger partial charge in [-0.1, -0.05) is 29.8 Å². The first-order chi connectivity index (χ1) is 12.0. The smallest absolute Gasteiger partial charge is 0.236 e. The molecule has 0 radical (unpaired) electrons. The van der Waals surface area contributed by atoms with Gasteiger partial charge in [0, 0.05) is 42.5 Å². The zero-order chi connectivity index (χ0) is 17.4. The summed E-state index contributed by atoms with van der Waals surface area (Å²) >= 11 is 1.83. The van der Waals surface area contributed by atoms with Crippen molar-refractivity contribution in [1.29, 1.82) is 0 Å². The Balaban J connectivity index is 1.35. The number of rotatable bonds is 4. The molecule has 1 aromatic carbocycles. The van der Waals surface area contributed by atoms with Crippen LogP contribution in [-0.4, -0.2) is 43.3 Å². The van der Waals surface area contributed by atoms with Crippen molar-refractivity contribution in [2.24, 2.45) is 0 Å². The molecule has 6 heteroatoms. The first-order valence-electron chi connectivity index (χ1n) is 8.55. The maximum Gasteiger partial charge on any atom is 0.236 e. The van der Waals surface area contributed by atoms with Crippen LogP contribution in [0.5, 0.6) is 0 Å². The van der Waals surface area contributed by atoms with E-state index in [9.17, 15) is 8.42 Å². The Hall–Kier alpha value is -1.47. The molecule has 3 heterocycles. The van der Waals surface area contributed by atoms with E-state index in [2.05, 4.69) is 16.3 Å². The van der Waals surface area contributed by atoms with Crippen molar-refractivity contribution in [2.75, 3.05) is 19.6 Å². The second-order valence-electron chi connectivity index (χ2n) is 6.82. The maximum atomic E-state index is 12.5. The molecule has 0 N–H and O–H groups in total. The molecule has 0 aliphatic carbocycles. The molecule has 2 aliphatic rings. The van der Waals surface area contributed by atoms with Crippen LogP contribution in [0.1, 0.15) is 21.6 Å². The van der Waals surface area contributed by atoms with Crippen molar-refractivity contribution in [3.63, 3.8) is 0 Å². The highest BCUT2D eigenvalue weighted by atomic mass is 32.2. The summed E-state index contributed by atoms with van der Waals surface area (Å²) in [5, 5.41) is 3.49. The summed E-state index contributed by atoms with van der Waals surface area (Å²) in [5.74, 6) is 0. The molecule has 4 nitrogen and oxygen atoms in total. The predicted octanol–water partition coefficient (Wildman–Crippen LogP) is 3.10. The van der Waals surface area contributed by atoms with Gasteiger partial charge in [0.25, 0.3) is 0 Å². The van der Waals surface area contributed by atoms with Gasteiger partial charge in [-0.3, -0.25) is 4.90 Å². The molecule has 0 amide bonds. The van der Waals surface area contributed by atoms with Gasteiger partial charge in [0.05, 0.1) is 0 Å². The fourth-order valence-corrected chi connectivity index (χ4v) is 5.52. The Labute approximate surface area is 153 Å². The summed E-state index contributed by atoms with van der Waals surface area (Å²) in [4.78, 5) is 3.91. The van der Waals surface area contributed by atoms with Crippen LogP contribution >= 0.6 is 11.3 Å². The predicted molar refractivity (Wildman–Crippen MR) is 103 cm³/mol. The fraction of sp³-hybridized carbons (Fsp3) is 0.368. The molecule has 0 saturated carbocycles. The lowest BCUT2D eigenvalue weighted by atomic mass is 10.0. The number of hydrogen-bond acceptors (Lipinski definition) is 4. The molecule has 2 aromatic rings. The van der Waals surface area contributed by atoms with E-state index in [0.29, 0.717) is 19.1 Å². The van der Waals surface area contributed by atoms with E-state index >= 15 is 0 Å². The SMILES string of the molecule is Cc1ccc(/C=C/S(=O)(=O)N2CC(N3CCc4sccc4C3)C2)cc1. The van der Waals surface area contributed by atoms with Crippen LogP contribution in [0.2, 0.25) is 0 Å². The second-order valence-corrected chi connectivity index (χ2v) is 9.64. The zero-order valence-corrected chi connectivity index (χ0v) is 15.9. The van der Waals surface area contributed by atoms with Gasteiger partial charge in [-0.15, -0.1) is 11.3 Å². The van der Waals surface area contributed by atoms with E-state index in [4.69, 9.17) is 0 Å². The maximum absolute atomic E-state index is 12.5. The first kappa shape index (κ1) is 17.0. The number of benzene rings is 1. The highest BCUT2D eigenvalue weighted by molar-refractivity contribution is 7.92. The lowest BCUT2D eigenvalue weighted by molar-refractivity contribution is 0.0783. The average molecular weight is 375 g/mol. The summed E-state index contributed by atoms with van der Waals surface area (Å²) in [5.41, 5.74) is 3.49. The molecule has 4 rings (SSSR count). The van der Waals surface area contributed by atoms with Gasteiger partial charge < -0.3 is 0 Å². The molecule has 132 valence electrons. The zero-order valence-electron chi connectivity index (χ0n) is 14.3. The van der Waals surface area contributed by atoms with Crippen molar-refractivity contribution < 1.29 is 8.42 Å². The largest absolute Gasteiger partial charge is 0.293 e. The molecule has 1 aromatic heterocycles. The van der Waals surface area contributed by atoms with Crippen LogP contribution in [0.3, 0.4) is 0 Å². The van der Waals surface area contributed by atoms with Gasteiger partial charge in [-0.25, -0.2) is 8.42 Å².